The zero-order valence-corrected chi connectivity index (χ0v) is 31.8. The van der Waals surface area contributed by atoms with E-state index >= 15 is 0 Å². The predicted octanol–water partition coefficient (Wildman–Crippen LogP) is 5.90. The van der Waals surface area contributed by atoms with Gasteiger partial charge in [-0.25, -0.2) is 0 Å². The van der Waals surface area contributed by atoms with Gasteiger partial charge in [-0.1, -0.05) is 49.8 Å². The van der Waals surface area contributed by atoms with Crippen molar-refractivity contribution in [3.63, 3.8) is 0 Å². The molecule has 3 saturated heterocycles. The summed E-state index contributed by atoms with van der Waals surface area (Å²) < 4.78 is 38.2. The smallest absolute Gasteiger partial charge is 0.184 e. The number of hydrogen-bond acceptors (Lipinski definition) is 10. The van der Waals surface area contributed by atoms with Crippen molar-refractivity contribution in [2.75, 3.05) is 0 Å². The van der Waals surface area contributed by atoms with Crippen LogP contribution in [0, 0.1) is 34.5 Å². The summed E-state index contributed by atoms with van der Waals surface area (Å²) in [6.07, 6.45) is 6.53. The van der Waals surface area contributed by atoms with Crippen LogP contribution in [0.2, 0.25) is 0 Å². The fourth-order valence-corrected chi connectivity index (χ4v) is 13.0. The maximum atomic E-state index is 12.6. The summed E-state index contributed by atoms with van der Waals surface area (Å²) in [5.74, 6) is 1.06. The average Bonchev–Trinajstić information content (AvgIpc) is 3.84. The molecule has 0 spiro atoms. The summed E-state index contributed by atoms with van der Waals surface area (Å²) in [5, 5.41) is 35.9. The van der Waals surface area contributed by atoms with Crippen LogP contribution >= 0.6 is 0 Å². The Hall–Kier alpha value is -1.73. The second-order valence-corrected chi connectivity index (χ2v) is 18.5. The Morgan fingerprint density at radius 3 is 2.32 bits per heavy atom. The van der Waals surface area contributed by atoms with Crippen LogP contribution in [0.5, 0.6) is 0 Å². The first-order chi connectivity index (χ1) is 25.4. The molecule has 8 aliphatic rings. The largest absolute Gasteiger partial charge is 0.392 e. The molecular weight excluding hydrogens is 676 g/mol. The van der Waals surface area contributed by atoms with Gasteiger partial charge in [0, 0.05) is 30.2 Å². The Balaban J connectivity index is 0.799. The van der Waals surface area contributed by atoms with E-state index in [1.807, 2.05) is 50.3 Å². The molecule has 18 atom stereocenters. The van der Waals surface area contributed by atoms with E-state index < -0.39 is 54.3 Å². The molecule has 10 nitrogen and oxygen atoms in total. The third-order valence-electron chi connectivity index (χ3n) is 15.9. The van der Waals surface area contributed by atoms with Crippen LogP contribution in [-0.4, -0.2) is 88.1 Å². The van der Waals surface area contributed by atoms with Crippen LogP contribution in [-0.2, 0) is 33.2 Å². The summed E-state index contributed by atoms with van der Waals surface area (Å²) in [7, 11) is 0. The van der Waals surface area contributed by atoms with E-state index in [2.05, 4.69) is 13.8 Å². The van der Waals surface area contributed by atoms with Crippen LogP contribution in [0.4, 0.5) is 0 Å². The number of hydrogen-bond donors (Lipinski definition) is 3. The Bertz CT molecular complexity index is 1540. The first-order valence-corrected chi connectivity index (χ1v) is 20.7. The van der Waals surface area contributed by atoms with Gasteiger partial charge in [-0.05, 0) is 107 Å². The lowest BCUT2D eigenvalue weighted by atomic mass is 9.42. The normalized spacial score (nSPS) is 52.3. The topological polar surface area (TPSA) is 133 Å². The highest BCUT2D eigenvalue weighted by molar-refractivity contribution is 5.93. The van der Waals surface area contributed by atoms with E-state index in [-0.39, 0.29) is 53.4 Å². The summed E-state index contributed by atoms with van der Waals surface area (Å²) >= 11 is 0. The molecule has 0 amide bonds. The molecule has 5 unspecified atom stereocenters. The molecule has 10 heteroatoms. The van der Waals surface area contributed by atoms with Crippen LogP contribution in [0.1, 0.15) is 117 Å². The van der Waals surface area contributed by atoms with Gasteiger partial charge in [0.1, 0.15) is 12.2 Å². The molecule has 1 aromatic rings. The highest BCUT2D eigenvalue weighted by Gasteiger charge is 2.70. The summed E-state index contributed by atoms with van der Waals surface area (Å²) in [5.41, 5.74) is 0.573. The van der Waals surface area contributed by atoms with Gasteiger partial charge in [0.2, 0.25) is 0 Å². The fraction of sp³-hybridized carbons (Fsp3) is 0.791. The molecule has 0 aromatic heterocycles. The van der Waals surface area contributed by atoms with Crippen LogP contribution in [0.25, 0.3) is 0 Å². The standard InChI is InChI=1S/C43H60O10/c1-23-38(52-37-22-34-39(24(2)49-37)53-40(51-34)25-8-6-5-7-9-25)33(45)21-36(48-23)50-29-14-16-41(3)27(19-29)11-13-31-32(41)20-35(46)42(4)30(15-17-43(31,42)47)26-10-12-28(44)18-26/h5-9,18,23-24,27,29-40,45-47H,10-17,19-22H2,1-4H3/t23?,24?,27-,29+,30-,31-,32+,33-,34-,35-,36+,37+,38?,39?,40?,41+,42+,43+/m1/s1. The fourth-order valence-electron chi connectivity index (χ4n) is 13.0. The number of benzene rings is 1. The van der Waals surface area contributed by atoms with Crippen molar-refractivity contribution in [1.29, 1.82) is 0 Å². The summed E-state index contributed by atoms with van der Waals surface area (Å²) in [6, 6.07) is 9.93. The van der Waals surface area contributed by atoms with Gasteiger partial charge >= 0.3 is 0 Å². The molecule has 3 heterocycles. The molecule has 292 valence electrons. The van der Waals surface area contributed by atoms with Gasteiger partial charge in [-0.2, -0.15) is 0 Å². The van der Waals surface area contributed by atoms with E-state index in [4.69, 9.17) is 28.4 Å². The zero-order valence-electron chi connectivity index (χ0n) is 31.8. The maximum Gasteiger partial charge on any atom is 0.184 e. The zero-order chi connectivity index (χ0) is 36.9. The highest BCUT2D eigenvalue weighted by Crippen LogP contribution is 2.70. The van der Waals surface area contributed by atoms with E-state index in [9.17, 15) is 20.1 Å². The Morgan fingerprint density at radius 1 is 0.792 bits per heavy atom. The summed E-state index contributed by atoms with van der Waals surface area (Å²) in [6.45, 7) is 8.42. The van der Waals surface area contributed by atoms with E-state index in [1.54, 1.807) is 0 Å². The molecule has 4 saturated carbocycles. The third kappa shape index (κ3) is 6.04. The van der Waals surface area contributed by atoms with E-state index in [1.165, 1.54) is 0 Å². The molecule has 53 heavy (non-hydrogen) atoms. The second kappa shape index (κ2) is 13.7. The van der Waals surface area contributed by atoms with Gasteiger partial charge in [0.25, 0.3) is 0 Å². The Kier molecular flexibility index (Phi) is 9.56. The quantitative estimate of drug-likeness (QED) is 0.303. The third-order valence-corrected chi connectivity index (χ3v) is 15.9. The van der Waals surface area contributed by atoms with Crippen molar-refractivity contribution >= 4 is 5.78 Å². The molecule has 3 N–H and O–H groups in total. The van der Waals surface area contributed by atoms with Gasteiger partial charge in [0.15, 0.2) is 24.7 Å². The molecule has 7 fully saturated rings. The second-order valence-electron chi connectivity index (χ2n) is 18.5. The van der Waals surface area contributed by atoms with Crippen molar-refractivity contribution < 1.29 is 48.5 Å². The van der Waals surface area contributed by atoms with Crippen LogP contribution < -0.4 is 0 Å². The number of carbonyl (C=O) groups excluding carboxylic acids is 1. The monoisotopic (exact) mass is 736 g/mol. The highest BCUT2D eigenvalue weighted by atomic mass is 16.8. The maximum absolute atomic E-state index is 12.6. The minimum atomic E-state index is -0.931. The molecule has 0 bridgehead atoms. The Labute approximate surface area is 313 Å². The number of carbonyl (C=O) groups is 1. The van der Waals surface area contributed by atoms with Crippen molar-refractivity contribution in [2.24, 2.45) is 34.5 Å². The molecule has 0 radical (unpaired) electrons. The van der Waals surface area contributed by atoms with Gasteiger partial charge in [-0.15, -0.1) is 0 Å². The Morgan fingerprint density at radius 2 is 1.57 bits per heavy atom. The van der Waals surface area contributed by atoms with Crippen molar-refractivity contribution in [2.45, 2.75) is 178 Å². The van der Waals surface area contributed by atoms with Crippen LogP contribution in [0.3, 0.4) is 0 Å². The van der Waals surface area contributed by atoms with Gasteiger partial charge in [0.05, 0.1) is 42.2 Å². The molecule has 3 aliphatic heterocycles. The minimum absolute atomic E-state index is 0.00594. The number of ketones is 1. The lowest BCUT2D eigenvalue weighted by molar-refractivity contribution is -0.313. The average molecular weight is 737 g/mol. The first kappa shape index (κ1) is 36.9. The lowest BCUT2D eigenvalue weighted by Gasteiger charge is -2.65. The summed E-state index contributed by atoms with van der Waals surface area (Å²) in [4.78, 5) is 12.2. The lowest BCUT2D eigenvalue weighted by Crippen LogP contribution is -2.67. The van der Waals surface area contributed by atoms with Gasteiger partial charge in [-0.3, -0.25) is 4.79 Å². The number of fused-ring (bicyclic) bond motifs is 6. The molecule has 1 aromatic carbocycles. The minimum Gasteiger partial charge on any atom is -0.392 e. The SMILES string of the molecule is CC1O[C@@H](O[C@H]2CC[C@@]3(C)[C@H](CC[C@@H]4[C@@H]3C[C@@H](O)[C@]3(C)[C@@H](C5=CC(=O)CC5)CC[C@]43O)C2)C[C@@H](O)C1O[C@H]1C[C@H]2OC(c3ccccc3)OC2C(C)O1. The first-order valence-electron chi connectivity index (χ1n) is 20.7. The van der Waals surface area contributed by atoms with E-state index in [0.29, 0.717) is 38.0 Å². The number of rotatable bonds is 6. The molecular formula is C43H60O10. The van der Waals surface area contributed by atoms with Crippen molar-refractivity contribution in [3.8, 4) is 0 Å². The van der Waals surface area contributed by atoms with Crippen molar-refractivity contribution in [1.82, 2.24) is 0 Å². The number of aliphatic hydroxyl groups is 3. The molecule has 9 rings (SSSR count). The van der Waals surface area contributed by atoms with Gasteiger partial charge < -0.3 is 43.7 Å². The molecule has 5 aliphatic carbocycles. The van der Waals surface area contributed by atoms with E-state index in [0.717, 1.165) is 56.1 Å². The van der Waals surface area contributed by atoms with Crippen LogP contribution in [0.15, 0.2) is 42.0 Å². The number of allylic oxidation sites excluding steroid dienone is 2. The number of aliphatic hydroxyl groups excluding tert-OH is 2. The van der Waals surface area contributed by atoms with Crippen molar-refractivity contribution in [3.05, 3.63) is 47.5 Å². The predicted molar refractivity (Wildman–Crippen MR) is 193 cm³/mol. The number of ether oxygens (including phenoxy) is 6.